The van der Waals surface area contributed by atoms with Crippen LogP contribution in [-0.4, -0.2) is 35.2 Å². The Morgan fingerprint density at radius 3 is 3.11 bits per heavy atom. The number of imidazole rings is 1. The van der Waals surface area contributed by atoms with Gasteiger partial charge in [0.1, 0.15) is 12.0 Å². The molecule has 0 aliphatic rings. The number of amidine groups is 1. The predicted octanol–water partition coefficient (Wildman–Crippen LogP) is 0.0686. The van der Waals surface area contributed by atoms with Gasteiger partial charge in [0.15, 0.2) is 0 Å². The molecule has 96 valence electrons. The van der Waals surface area contributed by atoms with Crippen molar-refractivity contribution in [3.8, 4) is 0 Å². The highest BCUT2D eigenvalue weighted by molar-refractivity contribution is 5.93. The third kappa shape index (κ3) is 2.10. The Morgan fingerprint density at radius 1 is 1.42 bits per heavy atom. The zero-order valence-corrected chi connectivity index (χ0v) is 9.88. The number of fused-ring (bicyclic) bond motifs is 1. The molecule has 0 spiro atoms. The molecule has 0 radical (unpaired) electrons. The van der Waals surface area contributed by atoms with Crippen molar-refractivity contribution in [2.75, 3.05) is 0 Å². The van der Waals surface area contributed by atoms with E-state index < -0.39 is 0 Å². The minimum atomic E-state index is -0.117. The summed E-state index contributed by atoms with van der Waals surface area (Å²) in [5.74, 6) is 0.0695. The van der Waals surface area contributed by atoms with E-state index in [2.05, 4.69) is 20.2 Å². The fourth-order valence-corrected chi connectivity index (χ4v) is 1.76. The van der Waals surface area contributed by atoms with Gasteiger partial charge in [-0.25, -0.2) is 14.6 Å². The monoisotopic (exact) mass is 257 g/mol. The largest absolute Gasteiger partial charge is 0.409 e. The minimum Gasteiger partial charge on any atom is -0.409 e. The van der Waals surface area contributed by atoms with Gasteiger partial charge in [0.25, 0.3) is 0 Å². The van der Waals surface area contributed by atoms with Gasteiger partial charge < -0.3 is 15.3 Å². The molecule has 0 unspecified atom stereocenters. The lowest BCUT2D eigenvalue weighted by molar-refractivity contribution is 0.318. The first-order valence-corrected chi connectivity index (χ1v) is 5.56. The highest BCUT2D eigenvalue weighted by atomic mass is 16.4. The van der Waals surface area contributed by atoms with Crippen LogP contribution in [0.5, 0.6) is 0 Å². The van der Waals surface area contributed by atoms with Crippen molar-refractivity contribution in [1.82, 2.24) is 24.1 Å². The van der Waals surface area contributed by atoms with Crippen molar-refractivity contribution in [2.24, 2.45) is 10.9 Å². The lowest BCUT2D eigenvalue weighted by Crippen LogP contribution is -2.15. The van der Waals surface area contributed by atoms with Gasteiger partial charge in [0.2, 0.25) is 11.7 Å². The summed E-state index contributed by atoms with van der Waals surface area (Å²) in [6.45, 7) is 0.466. The number of hydrogen-bond donors (Lipinski definition) is 2. The molecule has 0 aliphatic carbocycles. The Labute approximate surface area is 107 Å². The molecule has 3 heterocycles. The van der Waals surface area contributed by atoms with E-state index in [1.165, 1.54) is 6.33 Å². The number of nitrogens with zero attached hydrogens (tertiary/aromatic N) is 6. The van der Waals surface area contributed by atoms with Gasteiger partial charge in [-0.3, -0.25) is 0 Å². The standard InChI is InChI=1S/C11H11N7O/c12-10(16-19)11-13-7-18(15-11)6-8-5-17-4-2-1-3-9(17)14-8/h1-5,7,19H,6H2,(H2,12,16). The Balaban J connectivity index is 1.86. The van der Waals surface area contributed by atoms with Gasteiger partial charge in [0, 0.05) is 12.4 Å². The van der Waals surface area contributed by atoms with Crippen molar-refractivity contribution < 1.29 is 5.21 Å². The second-order valence-corrected chi connectivity index (χ2v) is 3.95. The van der Waals surface area contributed by atoms with Crippen LogP contribution in [0.15, 0.2) is 42.1 Å². The molecule has 0 aromatic carbocycles. The predicted molar refractivity (Wildman–Crippen MR) is 66.8 cm³/mol. The van der Waals surface area contributed by atoms with Crippen LogP contribution in [-0.2, 0) is 6.54 Å². The van der Waals surface area contributed by atoms with E-state index in [1.807, 2.05) is 35.0 Å². The molecular formula is C11H11N7O. The maximum atomic E-state index is 8.54. The maximum Gasteiger partial charge on any atom is 0.219 e. The topological polar surface area (TPSA) is 107 Å². The molecular weight excluding hydrogens is 246 g/mol. The normalized spacial score (nSPS) is 12.1. The van der Waals surface area contributed by atoms with Crippen LogP contribution in [0, 0.1) is 0 Å². The molecule has 3 rings (SSSR count). The van der Waals surface area contributed by atoms with E-state index in [0.29, 0.717) is 6.54 Å². The number of rotatable bonds is 3. The summed E-state index contributed by atoms with van der Waals surface area (Å²) in [6.07, 6.45) is 5.35. The number of hydrogen-bond acceptors (Lipinski definition) is 5. The number of oxime groups is 1. The number of pyridine rings is 1. The first-order chi connectivity index (χ1) is 9.26. The van der Waals surface area contributed by atoms with Crippen LogP contribution in [0.3, 0.4) is 0 Å². The zero-order valence-electron chi connectivity index (χ0n) is 9.88. The summed E-state index contributed by atoms with van der Waals surface area (Å²) in [7, 11) is 0. The summed E-state index contributed by atoms with van der Waals surface area (Å²) < 4.78 is 3.51. The lowest BCUT2D eigenvalue weighted by atomic mass is 10.5. The quantitative estimate of drug-likeness (QED) is 0.299. The minimum absolute atomic E-state index is 0.117. The average Bonchev–Trinajstić information content (AvgIpc) is 3.04. The first kappa shape index (κ1) is 11.2. The van der Waals surface area contributed by atoms with Crippen LogP contribution >= 0.6 is 0 Å². The van der Waals surface area contributed by atoms with Crippen LogP contribution in [0.4, 0.5) is 0 Å². The third-order valence-electron chi connectivity index (χ3n) is 2.61. The average molecular weight is 257 g/mol. The van der Waals surface area contributed by atoms with E-state index in [4.69, 9.17) is 10.9 Å². The Hall–Kier alpha value is -2.90. The van der Waals surface area contributed by atoms with Crippen molar-refractivity contribution >= 4 is 11.5 Å². The van der Waals surface area contributed by atoms with Gasteiger partial charge in [-0.2, -0.15) is 0 Å². The van der Waals surface area contributed by atoms with Crippen molar-refractivity contribution in [2.45, 2.75) is 6.54 Å². The fraction of sp³-hybridized carbons (Fsp3) is 0.0909. The van der Waals surface area contributed by atoms with E-state index >= 15 is 0 Å². The Bertz CT molecular complexity index is 709. The molecule has 0 saturated carbocycles. The highest BCUT2D eigenvalue weighted by Crippen LogP contribution is 2.05. The second kappa shape index (κ2) is 4.41. The molecule has 3 aromatic rings. The molecule has 0 atom stereocenters. The van der Waals surface area contributed by atoms with Gasteiger partial charge in [0.05, 0.1) is 12.2 Å². The van der Waals surface area contributed by atoms with Gasteiger partial charge in [-0.05, 0) is 12.1 Å². The highest BCUT2D eigenvalue weighted by Gasteiger charge is 2.07. The zero-order chi connectivity index (χ0) is 13.2. The van der Waals surface area contributed by atoms with E-state index in [0.717, 1.165) is 11.3 Å². The third-order valence-corrected chi connectivity index (χ3v) is 2.61. The molecule has 0 aliphatic heterocycles. The molecule has 8 nitrogen and oxygen atoms in total. The van der Waals surface area contributed by atoms with Gasteiger partial charge in [-0.1, -0.05) is 11.2 Å². The smallest absolute Gasteiger partial charge is 0.219 e. The summed E-state index contributed by atoms with van der Waals surface area (Å²) >= 11 is 0. The summed E-state index contributed by atoms with van der Waals surface area (Å²) in [5.41, 5.74) is 7.12. The van der Waals surface area contributed by atoms with Gasteiger partial charge in [-0.15, -0.1) is 5.10 Å². The molecule has 0 fully saturated rings. The van der Waals surface area contributed by atoms with E-state index in [1.54, 1.807) is 4.68 Å². The molecule has 3 aromatic heterocycles. The van der Waals surface area contributed by atoms with Crippen molar-refractivity contribution in [3.63, 3.8) is 0 Å². The van der Waals surface area contributed by atoms with Gasteiger partial charge >= 0.3 is 0 Å². The van der Waals surface area contributed by atoms with Crippen LogP contribution in [0.25, 0.3) is 5.65 Å². The van der Waals surface area contributed by atoms with Crippen molar-refractivity contribution in [3.05, 3.63) is 48.4 Å². The second-order valence-electron chi connectivity index (χ2n) is 3.95. The fourth-order valence-electron chi connectivity index (χ4n) is 1.76. The number of nitrogens with two attached hydrogens (primary N) is 1. The van der Waals surface area contributed by atoms with Crippen LogP contribution < -0.4 is 5.73 Å². The summed E-state index contributed by atoms with van der Waals surface area (Å²) in [4.78, 5) is 8.38. The van der Waals surface area contributed by atoms with E-state index in [9.17, 15) is 0 Å². The first-order valence-electron chi connectivity index (χ1n) is 5.56. The molecule has 0 amide bonds. The Morgan fingerprint density at radius 2 is 2.32 bits per heavy atom. The molecule has 0 bridgehead atoms. The number of aromatic nitrogens is 5. The SMILES string of the molecule is NC(=NO)c1ncn(Cc2cn3ccccc3n2)n1. The maximum absolute atomic E-state index is 8.54. The summed E-state index contributed by atoms with van der Waals surface area (Å²) in [6, 6.07) is 5.79. The van der Waals surface area contributed by atoms with Crippen LogP contribution in [0.2, 0.25) is 0 Å². The van der Waals surface area contributed by atoms with Crippen molar-refractivity contribution in [1.29, 1.82) is 0 Å². The molecule has 3 N–H and O–H groups in total. The molecule has 8 heteroatoms. The molecule has 19 heavy (non-hydrogen) atoms. The van der Waals surface area contributed by atoms with Crippen LogP contribution in [0.1, 0.15) is 11.5 Å². The molecule has 0 saturated heterocycles. The van der Waals surface area contributed by atoms with E-state index in [-0.39, 0.29) is 11.7 Å². The Kier molecular flexibility index (Phi) is 2.60. The lowest BCUT2D eigenvalue weighted by Gasteiger charge is -1.95. The summed E-state index contributed by atoms with van der Waals surface area (Å²) in [5, 5.41) is 15.5.